The number of rotatable bonds is 34. The number of pyridine rings is 6. The highest BCUT2D eigenvalue weighted by molar-refractivity contribution is 7.94. The van der Waals surface area contributed by atoms with E-state index in [0.717, 1.165) is 11.6 Å². The molecule has 0 spiro atoms. The van der Waals surface area contributed by atoms with Gasteiger partial charge in [0, 0.05) is 111 Å². The number of sulfonamides is 5. The summed E-state index contributed by atoms with van der Waals surface area (Å²) in [7, 11) is -19.6. The van der Waals surface area contributed by atoms with Crippen LogP contribution in [0.15, 0.2) is 365 Å². The third-order valence-corrected chi connectivity index (χ3v) is 26.9. The Labute approximate surface area is 832 Å². The molecule has 15 rings (SSSR count). The number of ketones is 5. The molecule has 0 fully saturated rings. The molecular formula is C104H96Cl2FN11O19S5. The lowest BCUT2D eigenvalue weighted by molar-refractivity contribution is 0.102. The zero-order chi connectivity index (χ0) is 103. The molecule has 30 nitrogen and oxygen atoms in total. The number of nitrogens with one attached hydrogen (secondary N) is 5. The van der Waals surface area contributed by atoms with Crippen LogP contribution in [-0.4, -0.2) is 125 Å². The van der Waals surface area contributed by atoms with Gasteiger partial charge in [-0.25, -0.2) is 51.5 Å². The largest absolute Gasteiger partial charge is 0.491 e. The maximum absolute atomic E-state index is 13.5. The number of benzene rings is 9. The lowest BCUT2D eigenvalue weighted by Gasteiger charge is -2.14. The molecule has 6 aromatic heterocycles. The summed E-state index contributed by atoms with van der Waals surface area (Å²) in [6, 6.07) is 70.4. The summed E-state index contributed by atoms with van der Waals surface area (Å²) in [5, 5.41) is 0.645. The maximum atomic E-state index is 13.5. The molecule has 732 valence electrons. The van der Waals surface area contributed by atoms with Crippen molar-refractivity contribution in [3.05, 3.63) is 418 Å². The Kier molecular flexibility index (Phi) is 37.0. The van der Waals surface area contributed by atoms with E-state index < -0.39 is 61.7 Å². The molecule has 0 saturated carbocycles. The van der Waals surface area contributed by atoms with E-state index in [2.05, 4.69) is 53.5 Å². The van der Waals surface area contributed by atoms with Crippen LogP contribution in [0.1, 0.15) is 160 Å². The van der Waals surface area contributed by atoms with Crippen LogP contribution in [0.5, 0.6) is 23.0 Å². The van der Waals surface area contributed by atoms with Crippen molar-refractivity contribution in [1.29, 1.82) is 0 Å². The Balaban J connectivity index is 0.000000169. The highest BCUT2D eigenvalue weighted by Crippen LogP contribution is 2.33. The van der Waals surface area contributed by atoms with Gasteiger partial charge in [0.15, 0.2) is 29.0 Å². The second-order valence-electron chi connectivity index (χ2n) is 32.1. The van der Waals surface area contributed by atoms with Crippen molar-refractivity contribution in [3.8, 4) is 23.0 Å². The van der Waals surface area contributed by atoms with Crippen LogP contribution in [0, 0.1) is 5.82 Å². The number of hydrogen-bond donors (Lipinski definition) is 5. The van der Waals surface area contributed by atoms with Crippen LogP contribution in [-0.2, 0) is 50.1 Å². The van der Waals surface area contributed by atoms with Gasteiger partial charge in [-0.3, -0.25) is 72.5 Å². The van der Waals surface area contributed by atoms with Gasteiger partial charge in [0.2, 0.25) is 5.78 Å². The normalized spacial score (nSPS) is 11.3. The lowest BCUT2D eigenvalue weighted by Crippen LogP contribution is -2.17. The molecule has 0 saturated heterocycles. The Morgan fingerprint density at radius 3 is 1.04 bits per heavy atom. The summed E-state index contributed by atoms with van der Waals surface area (Å²) < 4.78 is 176. The highest BCUT2D eigenvalue weighted by Gasteiger charge is 2.28. The van der Waals surface area contributed by atoms with Crippen molar-refractivity contribution < 1.29 is 89.4 Å². The molecule has 142 heavy (non-hydrogen) atoms. The first-order chi connectivity index (χ1) is 67.5. The minimum absolute atomic E-state index is 0.0107. The predicted molar refractivity (Wildman–Crippen MR) is 542 cm³/mol. The third kappa shape index (κ3) is 30.4. The third-order valence-electron chi connectivity index (χ3n) is 19.6. The van der Waals surface area contributed by atoms with E-state index in [-0.39, 0.29) is 134 Å². The topological polar surface area (TPSA) is 430 Å². The number of halogens is 3. The van der Waals surface area contributed by atoms with Crippen molar-refractivity contribution in [3.63, 3.8) is 0 Å². The zero-order valence-corrected chi connectivity index (χ0v) is 83.4. The first-order valence-electron chi connectivity index (χ1n) is 43.5. The summed E-state index contributed by atoms with van der Waals surface area (Å²) in [4.78, 5) is 87.9. The first kappa shape index (κ1) is 107. The second kappa shape index (κ2) is 49.0. The van der Waals surface area contributed by atoms with Gasteiger partial charge in [-0.15, -0.1) is 0 Å². The Morgan fingerprint density at radius 1 is 0.282 bits per heavy atom. The Bertz CT molecular complexity index is 7380. The predicted octanol–water partition coefficient (Wildman–Crippen LogP) is 20.7. The van der Waals surface area contributed by atoms with Crippen LogP contribution < -0.4 is 42.6 Å². The van der Waals surface area contributed by atoms with Gasteiger partial charge in [-0.2, -0.15) is 0 Å². The number of ether oxygens (including phenoxy) is 4. The van der Waals surface area contributed by atoms with E-state index in [1.165, 1.54) is 177 Å². The van der Waals surface area contributed by atoms with Crippen LogP contribution in [0.4, 0.5) is 33.0 Å². The first-order valence-corrected chi connectivity index (χ1v) is 51.7. The molecule has 9 aromatic carbocycles. The van der Waals surface area contributed by atoms with E-state index in [1.807, 2.05) is 69.2 Å². The summed E-state index contributed by atoms with van der Waals surface area (Å²) in [6.45, 7) is 19.1. The van der Waals surface area contributed by atoms with E-state index in [9.17, 15) is 70.5 Å². The molecular weight excluding hydrogens is 1960 g/mol. The monoisotopic (exact) mass is 2050 g/mol. The van der Waals surface area contributed by atoms with Gasteiger partial charge in [0.05, 0.1) is 82.8 Å². The lowest BCUT2D eigenvalue weighted by atomic mass is 10.0. The van der Waals surface area contributed by atoms with Gasteiger partial charge >= 0.3 is 0 Å². The standard InChI is InChI=1S/C21H19ClN2O4S.C21H19ClN2O3S.C21H19FN2O4S.C21H20N2O4S.C20H19N3O4S/c1-14(2)28-17-6-8-18(9-7-17)29(26,27)24-20-10-5-16(22)12-19(20)21(25)15-4-3-11-23-13-15;1-14(2)15-5-8-18(9-6-15)28(26,27)24-20-10-7-17(22)12-19(20)21(25)16-4-3-11-23-13-16;1-14(2)28-17-8-10-18(11-9-17)29(26,27)24-21-19(7-4-12-23-21)20(25)15-5-3-6-16(22)13-15;1-15(2)27-17-10-12-18(13-11-17)28(25,26)23-19-9-6-14-22-20(19)21(24)16-7-4-3-5-8-16;1-14(2)27-16-3-5-17(6-4-16)28(25,26)23-19-9-12-22-13-18(19)20(24)15-7-10-21-11-8-15/h3-14,24H,1-2H3;3-14,24H,1-2H3;3-14H,1-2H3,(H,23,24);3-15,23H,1-2H3;3-14H,1-2H3,(H,22,23). The molecule has 0 aliphatic heterocycles. The molecule has 0 unspecified atom stereocenters. The van der Waals surface area contributed by atoms with Crippen molar-refractivity contribution in [2.24, 2.45) is 0 Å². The molecule has 0 radical (unpaired) electrons. The van der Waals surface area contributed by atoms with Crippen molar-refractivity contribution in [1.82, 2.24) is 29.9 Å². The molecule has 0 bridgehead atoms. The quantitative estimate of drug-likeness (QED) is 0.0234. The molecule has 0 aliphatic carbocycles. The molecule has 5 N–H and O–H groups in total. The Hall–Kier alpha value is -15.3. The molecule has 0 amide bonds. The van der Waals surface area contributed by atoms with Gasteiger partial charge in [-0.05, 0) is 291 Å². The van der Waals surface area contributed by atoms with Crippen molar-refractivity contribution in [2.75, 3.05) is 23.6 Å². The number of hydrogen-bond acceptors (Lipinski definition) is 25. The highest BCUT2D eigenvalue weighted by atomic mass is 35.5. The van der Waals surface area contributed by atoms with Gasteiger partial charge in [0.25, 0.3) is 50.1 Å². The minimum atomic E-state index is -4.00. The SMILES string of the molecule is CC(C)Oc1ccc(S(=O)(=O)Nc2ccc(Cl)cc2C(=O)c2cccnc2)cc1.CC(C)Oc1ccc(S(=O)(=O)Nc2cccnc2C(=O)c2ccccc2)cc1.CC(C)Oc1ccc(S(=O)(=O)Nc2ccncc2C(=O)c2ccncc2)cc1.CC(C)Oc1ccc(S(=O)(=O)Nc2ncccc2C(=O)c2cccc(F)c2)cc1.CC(C)c1ccc(S(=O)(=O)Nc2ccc(Cl)cc2C(=O)c2cccnc2)cc1. The molecule has 15 aromatic rings. The summed E-state index contributed by atoms with van der Waals surface area (Å²) in [5.74, 6) is -0.162. The second-order valence-corrected chi connectivity index (χ2v) is 41.4. The van der Waals surface area contributed by atoms with E-state index in [0.29, 0.717) is 61.2 Å². The average molecular weight is 2050 g/mol. The fourth-order valence-corrected chi connectivity index (χ4v) is 18.7. The van der Waals surface area contributed by atoms with Gasteiger partial charge in [0.1, 0.15) is 34.5 Å². The zero-order valence-electron chi connectivity index (χ0n) is 77.8. The minimum Gasteiger partial charge on any atom is -0.491 e. The van der Waals surface area contributed by atoms with Crippen LogP contribution >= 0.6 is 23.2 Å². The number of carbonyl (C=O) groups is 5. The molecule has 6 heterocycles. The molecule has 38 heteroatoms. The van der Waals surface area contributed by atoms with E-state index in [1.54, 1.807) is 158 Å². The maximum Gasteiger partial charge on any atom is 0.263 e. The summed E-state index contributed by atoms with van der Waals surface area (Å²) in [6.07, 6.45) is 14.4. The van der Waals surface area contributed by atoms with Crippen LogP contribution in [0.25, 0.3) is 0 Å². The number of carbonyl (C=O) groups excluding carboxylic acids is 5. The smallest absolute Gasteiger partial charge is 0.263 e. The number of nitrogens with zero attached hydrogens (tertiary/aromatic N) is 6. The fraction of sp³-hybridized carbons (Fsp3) is 0.144. The van der Waals surface area contributed by atoms with Crippen LogP contribution in [0.3, 0.4) is 0 Å². The summed E-state index contributed by atoms with van der Waals surface area (Å²) >= 11 is 12.1. The van der Waals surface area contributed by atoms with Crippen molar-refractivity contribution >= 4 is 131 Å². The van der Waals surface area contributed by atoms with Gasteiger partial charge < -0.3 is 18.9 Å². The van der Waals surface area contributed by atoms with Crippen LogP contribution in [0.2, 0.25) is 10.0 Å². The van der Waals surface area contributed by atoms with E-state index >= 15 is 0 Å². The number of anilines is 5. The van der Waals surface area contributed by atoms with Crippen molar-refractivity contribution in [2.45, 2.75) is 124 Å². The average Bonchev–Trinajstić information content (AvgIpc) is 0.788. The van der Waals surface area contributed by atoms with Gasteiger partial charge in [-0.1, -0.05) is 91.6 Å². The van der Waals surface area contributed by atoms with E-state index in [4.69, 9.17) is 42.1 Å². The Morgan fingerprint density at radius 2 is 0.627 bits per heavy atom. The fourth-order valence-electron chi connectivity index (χ4n) is 13.0. The number of aromatic nitrogens is 6. The molecule has 0 aliphatic rings. The molecule has 0 atom stereocenters. The summed E-state index contributed by atoms with van der Waals surface area (Å²) in [5.41, 5.74) is 3.67.